The molecule has 1 N–H and O–H groups in total. The highest BCUT2D eigenvalue weighted by atomic mass is 16.7. The monoisotopic (exact) mass is 318 g/mol. The van der Waals surface area contributed by atoms with Crippen LogP contribution in [-0.4, -0.2) is 27.5 Å². The zero-order valence-corrected chi connectivity index (χ0v) is 13.5. The molecule has 0 bridgehead atoms. The molecule has 1 aliphatic rings. The highest BCUT2D eigenvalue weighted by Gasteiger charge is 2.19. The first-order chi connectivity index (χ1) is 11.0. The fraction of sp³-hybridized carbons (Fsp3) is 0.529. The lowest BCUT2D eigenvalue weighted by Crippen LogP contribution is -2.16. The molecule has 2 aromatic rings. The Labute approximate surface area is 135 Å². The number of hydrogen-bond donors (Lipinski definition) is 1. The SMILES string of the molecule is Cc1cc(OCC2CCCCC2)n2nc(C)c(OC(=O)O)c2c1. The number of aryl methyl sites for hydroxylation is 2. The van der Waals surface area contributed by atoms with E-state index in [2.05, 4.69) is 5.10 Å². The zero-order valence-electron chi connectivity index (χ0n) is 13.5. The molecule has 0 radical (unpaired) electrons. The van der Waals surface area contributed by atoms with Crippen molar-refractivity contribution in [1.82, 2.24) is 9.61 Å². The van der Waals surface area contributed by atoms with Gasteiger partial charge in [0.15, 0.2) is 5.75 Å². The van der Waals surface area contributed by atoms with Gasteiger partial charge in [-0.3, -0.25) is 0 Å². The molecule has 3 rings (SSSR count). The Morgan fingerprint density at radius 2 is 2.04 bits per heavy atom. The molecule has 0 saturated heterocycles. The number of ether oxygens (including phenoxy) is 2. The summed E-state index contributed by atoms with van der Waals surface area (Å²) in [5.41, 5.74) is 2.12. The van der Waals surface area contributed by atoms with E-state index < -0.39 is 6.16 Å². The highest BCUT2D eigenvalue weighted by Crippen LogP contribution is 2.30. The van der Waals surface area contributed by atoms with Crippen LogP contribution in [0.25, 0.3) is 5.52 Å². The minimum absolute atomic E-state index is 0.267. The van der Waals surface area contributed by atoms with E-state index in [-0.39, 0.29) is 5.75 Å². The lowest BCUT2D eigenvalue weighted by molar-refractivity contribution is 0.144. The van der Waals surface area contributed by atoms with E-state index in [4.69, 9.17) is 14.6 Å². The summed E-state index contributed by atoms with van der Waals surface area (Å²) in [7, 11) is 0. The zero-order chi connectivity index (χ0) is 16.4. The first-order valence-electron chi connectivity index (χ1n) is 8.08. The van der Waals surface area contributed by atoms with E-state index in [0.29, 0.717) is 29.6 Å². The van der Waals surface area contributed by atoms with Gasteiger partial charge in [-0.2, -0.15) is 9.61 Å². The van der Waals surface area contributed by atoms with Crippen molar-refractivity contribution in [3.8, 4) is 11.6 Å². The molecule has 1 aliphatic carbocycles. The van der Waals surface area contributed by atoms with Crippen LogP contribution >= 0.6 is 0 Å². The molecule has 124 valence electrons. The lowest BCUT2D eigenvalue weighted by Gasteiger charge is -2.21. The van der Waals surface area contributed by atoms with Crippen molar-refractivity contribution >= 4 is 11.7 Å². The number of carbonyl (C=O) groups is 1. The van der Waals surface area contributed by atoms with Crippen molar-refractivity contribution in [2.45, 2.75) is 46.0 Å². The number of aromatic nitrogens is 2. The summed E-state index contributed by atoms with van der Waals surface area (Å²) in [6.07, 6.45) is 4.94. The molecule has 0 unspecified atom stereocenters. The maximum Gasteiger partial charge on any atom is 0.511 e. The van der Waals surface area contributed by atoms with Crippen LogP contribution in [0.4, 0.5) is 4.79 Å². The topological polar surface area (TPSA) is 73.1 Å². The Bertz CT molecular complexity index is 717. The summed E-state index contributed by atoms with van der Waals surface area (Å²) in [5.74, 6) is 1.49. The lowest BCUT2D eigenvalue weighted by atomic mass is 9.90. The second kappa shape index (κ2) is 6.48. The summed E-state index contributed by atoms with van der Waals surface area (Å²) in [4.78, 5) is 10.9. The van der Waals surface area contributed by atoms with Gasteiger partial charge < -0.3 is 14.6 Å². The number of fused-ring (bicyclic) bond motifs is 1. The van der Waals surface area contributed by atoms with Gasteiger partial charge in [-0.15, -0.1) is 0 Å². The first-order valence-corrected chi connectivity index (χ1v) is 8.08. The number of nitrogens with zero attached hydrogens (tertiary/aromatic N) is 2. The predicted octanol–water partition coefficient (Wildman–Crippen LogP) is 3.97. The minimum Gasteiger partial charge on any atom is -0.477 e. The largest absolute Gasteiger partial charge is 0.511 e. The number of hydrogen-bond acceptors (Lipinski definition) is 4. The molecular weight excluding hydrogens is 296 g/mol. The molecule has 0 amide bonds. The van der Waals surface area contributed by atoms with Gasteiger partial charge in [-0.25, -0.2) is 4.79 Å². The van der Waals surface area contributed by atoms with Crippen molar-refractivity contribution in [3.05, 3.63) is 23.4 Å². The Balaban J connectivity index is 1.88. The Kier molecular flexibility index (Phi) is 4.41. The second-order valence-electron chi connectivity index (χ2n) is 6.27. The third-order valence-electron chi connectivity index (χ3n) is 4.34. The van der Waals surface area contributed by atoms with Crippen molar-refractivity contribution < 1.29 is 19.4 Å². The number of rotatable bonds is 4. The smallest absolute Gasteiger partial charge is 0.477 e. The average molecular weight is 318 g/mol. The van der Waals surface area contributed by atoms with E-state index in [1.54, 1.807) is 11.4 Å². The van der Waals surface area contributed by atoms with Gasteiger partial charge in [0, 0.05) is 6.07 Å². The fourth-order valence-electron chi connectivity index (χ4n) is 3.21. The number of carboxylic acid groups (broad SMARTS) is 1. The van der Waals surface area contributed by atoms with Crippen molar-refractivity contribution in [1.29, 1.82) is 0 Å². The number of pyridine rings is 1. The summed E-state index contributed by atoms with van der Waals surface area (Å²) in [6.45, 7) is 4.35. The van der Waals surface area contributed by atoms with Crippen molar-refractivity contribution in [3.63, 3.8) is 0 Å². The minimum atomic E-state index is -1.34. The van der Waals surface area contributed by atoms with Gasteiger partial charge in [0.2, 0.25) is 5.88 Å². The molecule has 23 heavy (non-hydrogen) atoms. The molecule has 1 fully saturated rings. The maximum atomic E-state index is 10.9. The van der Waals surface area contributed by atoms with Crippen LogP contribution in [0.1, 0.15) is 43.4 Å². The van der Waals surface area contributed by atoms with Crippen LogP contribution < -0.4 is 9.47 Å². The molecule has 1 saturated carbocycles. The van der Waals surface area contributed by atoms with Crippen molar-refractivity contribution in [2.24, 2.45) is 5.92 Å². The Morgan fingerprint density at radius 1 is 1.30 bits per heavy atom. The molecule has 0 atom stereocenters. The fourth-order valence-corrected chi connectivity index (χ4v) is 3.21. The molecule has 0 spiro atoms. The first kappa shape index (κ1) is 15.6. The summed E-state index contributed by atoms with van der Waals surface area (Å²) >= 11 is 0. The normalized spacial score (nSPS) is 15.7. The van der Waals surface area contributed by atoms with Crippen LogP contribution in [-0.2, 0) is 0 Å². The van der Waals surface area contributed by atoms with Gasteiger partial charge in [0.05, 0.1) is 6.61 Å². The predicted molar refractivity (Wildman–Crippen MR) is 85.4 cm³/mol. The third kappa shape index (κ3) is 3.41. The van der Waals surface area contributed by atoms with E-state index in [9.17, 15) is 4.79 Å². The van der Waals surface area contributed by atoms with Crippen LogP contribution in [0.5, 0.6) is 11.6 Å². The molecule has 6 heteroatoms. The van der Waals surface area contributed by atoms with Gasteiger partial charge in [-0.1, -0.05) is 19.3 Å². The standard InChI is InChI=1S/C17H22N2O4/c1-11-8-14-16(23-17(20)21)12(2)18-19(14)15(9-11)22-10-13-6-4-3-5-7-13/h8-9,13H,3-7,10H2,1-2H3,(H,20,21). The van der Waals surface area contributed by atoms with Gasteiger partial charge in [-0.05, 0) is 44.2 Å². The van der Waals surface area contributed by atoms with E-state index in [1.165, 1.54) is 32.1 Å². The third-order valence-corrected chi connectivity index (χ3v) is 4.34. The van der Waals surface area contributed by atoms with Gasteiger partial charge >= 0.3 is 6.16 Å². The van der Waals surface area contributed by atoms with Crippen LogP contribution in [0.2, 0.25) is 0 Å². The van der Waals surface area contributed by atoms with E-state index in [1.807, 2.05) is 19.1 Å². The van der Waals surface area contributed by atoms with E-state index >= 15 is 0 Å². The average Bonchev–Trinajstić information content (AvgIpc) is 2.82. The van der Waals surface area contributed by atoms with Crippen LogP contribution in [0.15, 0.2) is 12.1 Å². The second-order valence-corrected chi connectivity index (χ2v) is 6.27. The summed E-state index contributed by atoms with van der Waals surface area (Å²) in [6, 6.07) is 3.78. The Hall–Kier alpha value is -2.24. The van der Waals surface area contributed by atoms with Crippen molar-refractivity contribution in [2.75, 3.05) is 6.61 Å². The molecule has 0 aliphatic heterocycles. The highest BCUT2D eigenvalue weighted by molar-refractivity contribution is 5.71. The molecule has 6 nitrogen and oxygen atoms in total. The maximum absolute atomic E-state index is 10.9. The van der Waals surface area contributed by atoms with Gasteiger partial charge in [0.25, 0.3) is 0 Å². The van der Waals surface area contributed by atoms with Crippen LogP contribution in [0, 0.1) is 19.8 Å². The summed E-state index contributed by atoms with van der Waals surface area (Å²) in [5, 5.41) is 13.3. The Morgan fingerprint density at radius 3 is 2.74 bits per heavy atom. The van der Waals surface area contributed by atoms with Gasteiger partial charge in [0.1, 0.15) is 11.2 Å². The molecular formula is C17H22N2O4. The molecule has 0 aromatic carbocycles. The molecule has 2 aromatic heterocycles. The van der Waals surface area contributed by atoms with Crippen LogP contribution in [0.3, 0.4) is 0 Å². The quantitative estimate of drug-likeness (QED) is 0.864. The van der Waals surface area contributed by atoms with E-state index in [0.717, 1.165) is 5.56 Å². The summed E-state index contributed by atoms with van der Waals surface area (Å²) < 4.78 is 12.5. The molecule has 2 heterocycles.